The number of nitrogens with one attached hydrogen (secondary N) is 2. The summed E-state index contributed by atoms with van der Waals surface area (Å²) in [5.74, 6) is -0.288. The molecule has 0 aliphatic rings. The minimum Gasteiger partial charge on any atom is -0.345 e. The van der Waals surface area contributed by atoms with Gasteiger partial charge in [0.2, 0.25) is 10.0 Å². The van der Waals surface area contributed by atoms with Gasteiger partial charge in [0.05, 0.1) is 10.9 Å². The van der Waals surface area contributed by atoms with E-state index in [9.17, 15) is 13.2 Å². The first-order chi connectivity index (χ1) is 12.2. The van der Waals surface area contributed by atoms with Crippen molar-refractivity contribution in [2.24, 2.45) is 0 Å². The van der Waals surface area contributed by atoms with Crippen LogP contribution in [0.25, 0.3) is 0 Å². The van der Waals surface area contributed by atoms with Crippen molar-refractivity contribution in [3.05, 3.63) is 64.2 Å². The zero-order valence-electron chi connectivity index (χ0n) is 15.9. The zero-order valence-corrected chi connectivity index (χ0v) is 16.7. The van der Waals surface area contributed by atoms with Gasteiger partial charge in [0.1, 0.15) is 0 Å². The molecule has 1 atom stereocenters. The molecule has 0 saturated carbocycles. The molecular weight excluding hydrogens is 348 g/mol. The number of carbonyl (C=O) groups is 1. The fourth-order valence-electron chi connectivity index (χ4n) is 2.86. The third-order valence-electron chi connectivity index (χ3n) is 4.35. The minimum absolute atomic E-state index is 0.0921. The molecular formula is C20H26N2O3S. The summed E-state index contributed by atoms with van der Waals surface area (Å²) in [7, 11) is -3.61. The van der Waals surface area contributed by atoms with Crippen LogP contribution in [-0.2, 0) is 10.0 Å². The molecule has 1 unspecified atom stereocenters. The molecule has 0 aliphatic heterocycles. The Morgan fingerprint density at radius 3 is 2.35 bits per heavy atom. The highest BCUT2D eigenvalue weighted by atomic mass is 32.2. The normalized spacial score (nSPS) is 12.7. The summed E-state index contributed by atoms with van der Waals surface area (Å²) >= 11 is 0. The highest BCUT2D eigenvalue weighted by Gasteiger charge is 2.19. The molecule has 2 N–H and O–H groups in total. The van der Waals surface area contributed by atoms with E-state index in [1.807, 2.05) is 32.9 Å². The van der Waals surface area contributed by atoms with Gasteiger partial charge in [-0.15, -0.1) is 0 Å². The molecule has 2 aromatic carbocycles. The van der Waals surface area contributed by atoms with Gasteiger partial charge >= 0.3 is 0 Å². The van der Waals surface area contributed by atoms with Crippen molar-refractivity contribution in [1.82, 2.24) is 10.0 Å². The van der Waals surface area contributed by atoms with Crippen LogP contribution in [0, 0.1) is 20.8 Å². The molecule has 0 saturated heterocycles. The smallest absolute Gasteiger partial charge is 0.252 e. The Morgan fingerprint density at radius 1 is 1.04 bits per heavy atom. The van der Waals surface area contributed by atoms with Crippen LogP contribution in [0.5, 0.6) is 0 Å². The lowest BCUT2D eigenvalue weighted by atomic mass is 9.99. The standard InChI is InChI=1S/C20H26N2O3S/c1-6-21-26(24,25)17-10-9-15(4)19(12-17)20(23)22-16(5)18-11-13(2)7-8-14(18)3/h7-12,16,21H,6H2,1-5H3,(H,22,23). The average molecular weight is 375 g/mol. The zero-order chi connectivity index (χ0) is 19.5. The van der Waals surface area contributed by atoms with Crippen molar-refractivity contribution in [1.29, 1.82) is 0 Å². The van der Waals surface area contributed by atoms with Crippen molar-refractivity contribution >= 4 is 15.9 Å². The van der Waals surface area contributed by atoms with Crippen molar-refractivity contribution < 1.29 is 13.2 Å². The summed E-state index contributed by atoms with van der Waals surface area (Å²) in [6.45, 7) is 9.74. The van der Waals surface area contributed by atoms with Crippen LogP contribution in [-0.4, -0.2) is 20.9 Å². The summed E-state index contributed by atoms with van der Waals surface area (Å²) < 4.78 is 26.8. The molecule has 0 aromatic heterocycles. The Labute approximate surface area is 155 Å². The molecule has 0 fully saturated rings. The van der Waals surface area contributed by atoms with E-state index in [0.717, 1.165) is 22.3 Å². The van der Waals surface area contributed by atoms with Crippen LogP contribution in [0.15, 0.2) is 41.3 Å². The molecule has 2 rings (SSSR count). The molecule has 0 heterocycles. The maximum absolute atomic E-state index is 12.8. The van der Waals surface area contributed by atoms with Crippen molar-refractivity contribution in [2.45, 2.75) is 45.6 Å². The van der Waals surface area contributed by atoms with Gasteiger partial charge in [0, 0.05) is 12.1 Å². The first kappa shape index (κ1) is 20.1. The predicted molar refractivity (Wildman–Crippen MR) is 104 cm³/mol. The van der Waals surface area contributed by atoms with Gasteiger partial charge < -0.3 is 5.32 Å². The van der Waals surface area contributed by atoms with E-state index >= 15 is 0 Å². The van der Waals surface area contributed by atoms with Crippen molar-refractivity contribution in [3.8, 4) is 0 Å². The number of hydrogen-bond acceptors (Lipinski definition) is 3. The monoisotopic (exact) mass is 374 g/mol. The molecule has 5 nitrogen and oxygen atoms in total. The first-order valence-corrected chi connectivity index (χ1v) is 10.1. The van der Waals surface area contributed by atoms with Crippen LogP contribution in [0.3, 0.4) is 0 Å². The highest BCUT2D eigenvalue weighted by molar-refractivity contribution is 7.89. The molecule has 2 aromatic rings. The SMILES string of the molecule is CCNS(=O)(=O)c1ccc(C)c(C(=O)NC(C)c2cc(C)ccc2C)c1. The Balaban J connectivity index is 2.30. The molecule has 1 amide bonds. The van der Waals surface area contributed by atoms with Gasteiger partial charge in [0.15, 0.2) is 0 Å². The van der Waals surface area contributed by atoms with E-state index in [1.165, 1.54) is 12.1 Å². The Hall–Kier alpha value is -2.18. The molecule has 140 valence electrons. The summed E-state index contributed by atoms with van der Waals surface area (Å²) in [6.07, 6.45) is 0. The fraction of sp³-hybridized carbons (Fsp3) is 0.350. The maximum atomic E-state index is 12.8. The molecule has 6 heteroatoms. The lowest BCUT2D eigenvalue weighted by Gasteiger charge is -2.18. The van der Waals surface area contributed by atoms with Gasteiger partial charge in [-0.2, -0.15) is 0 Å². The molecule has 0 radical (unpaired) electrons. The van der Waals surface area contributed by atoms with Gasteiger partial charge in [-0.25, -0.2) is 13.1 Å². The molecule has 0 aliphatic carbocycles. The molecule has 26 heavy (non-hydrogen) atoms. The van der Waals surface area contributed by atoms with E-state index in [0.29, 0.717) is 12.1 Å². The third kappa shape index (κ3) is 4.51. The Morgan fingerprint density at radius 2 is 1.69 bits per heavy atom. The summed E-state index contributed by atoms with van der Waals surface area (Å²) in [6, 6.07) is 10.5. The number of amides is 1. The Bertz CT molecular complexity index is 921. The second-order valence-corrected chi connectivity index (χ2v) is 8.30. The van der Waals surface area contributed by atoms with Crippen LogP contribution >= 0.6 is 0 Å². The third-order valence-corrected chi connectivity index (χ3v) is 5.89. The lowest BCUT2D eigenvalue weighted by Crippen LogP contribution is -2.28. The lowest BCUT2D eigenvalue weighted by molar-refractivity contribution is 0.0939. The van der Waals surface area contributed by atoms with E-state index in [2.05, 4.69) is 16.1 Å². The van der Waals surface area contributed by atoms with Crippen molar-refractivity contribution in [3.63, 3.8) is 0 Å². The first-order valence-electron chi connectivity index (χ1n) is 8.64. The predicted octanol–water partition coefficient (Wildman–Crippen LogP) is 3.40. The summed E-state index contributed by atoms with van der Waals surface area (Å²) in [5.41, 5.74) is 4.37. The van der Waals surface area contributed by atoms with Gasteiger partial charge in [-0.1, -0.05) is 36.8 Å². The van der Waals surface area contributed by atoms with Crippen LogP contribution in [0.1, 0.15) is 52.5 Å². The number of sulfonamides is 1. The quantitative estimate of drug-likeness (QED) is 0.814. The Kier molecular flexibility index (Phi) is 6.21. The minimum atomic E-state index is -3.61. The average Bonchev–Trinajstić information content (AvgIpc) is 2.57. The van der Waals surface area contributed by atoms with Crippen LogP contribution in [0.2, 0.25) is 0 Å². The number of aryl methyl sites for hydroxylation is 3. The fourth-order valence-corrected chi connectivity index (χ4v) is 3.93. The topological polar surface area (TPSA) is 75.3 Å². The number of hydrogen-bond donors (Lipinski definition) is 2. The van der Waals surface area contributed by atoms with E-state index in [4.69, 9.17) is 0 Å². The summed E-state index contributed by atoms with van der Waals surface area (Å²) in [5, 5.41) is 2.98. The van der Waals surface area contributed by atoms with E-state index in [1.54, 1.807) is 19.9 Å². The maximum Gasteiger partial charge on any atom is 0.252 e. The highest BCUT2D eigenvalue weighted by Crippen LogP contribution is 2.21. The van der Waals surface area contributed by atoms with E-state index in [-0.39, 0.29) is 16.8 Å². The number of benzene rings is 2. The van der Waals surface area contributed by atoms with Crippen molar-refractivity contribution in [2.75, 3.05) is 6.54 Å². The van der Waals surface area contributed by atoms with Gasteiger partial charge in [-0.05, 0) is 56.5 Å². The molecule has 0 spiro atoms. The van der Waals surface area contributed by atoms with E-state index < -0.39 is 10.0 Å². The second-order valence-electron chi connectivity index (χ2n) is 6.53. The number of carbonyl (C=O) groups excluding carboxylic acids is 1. The van der Waals surface area contributed by atoms with Crippen LogP contribution < -0.4 is 10.0 Å². The largest absolute Gasteiger partial charge is 0.345 e. The van der Waals surface area contributed by atoms with Gasteiger partial charge in [0.25, 0.3) is 5.91 Å². The summed E-state index contributed by atoms with van der Waals surface area (Å²) in [4.78, 5) is 12.8. The van der Waals surface area contributed by atoms with Crippen LogP contribution in [0.4, 0.5) is 0 Å². The number of rotatable bonds is 6. The molecule has 0 bridgehead atoms. The second kappa shape index (κ2) is 8.01. The van der Waals surface area contributed by atoms with Gasteiger partial charge in [-0.3, -0.25) is 4.79 Å².